The minimum Gasteiger partial charge on any atom is -0.398 e. The van der Waals surface area contributed by atoms with Crippen LogP contribution in [0.1, 0.15) is 26.7 Å². The lowest BCUT2D eigenvalue weighted by Gasteiger charge is -2.20. The number of nitrogens with one attached hydrogen (secondary N) is 1. The fourth-order valence-electron chi connectivity index (χ4n) is 1.75. The molecule has 0 atom stereocenters. The fraction of sp³-hybridized carbons (Fsp3) is 0.571. The van der Waals surface area contributed by atoms with E-state index < -0.39 is 10.0 Å². The number of rotatable bonds is 8. The Kier molecular flexibility index (Phi) is 6.45. The van der Waals surface area contributed by atoms with E-state index in [1.165, 1.54) is 6.07 Å². The van der Waals surface area contributed by atoms with Gasteiger partial charge in [0.1, 0.15) is 4.90 Å². The topological polar surface area (TPSA) is 75.4 Å². The third-order valence-corrected chi connectivity index (χ3v) is 4.85. The molecule has 0 bridgehead atoms. The molecular weight excluding hydrogens is 274 g/mol. The van der Waals surface area contributed by atoms with Gasteiger partial charge in [0.05, 0.1) is 5.69 Å². The zero-order chi connectivity index (χ0) is 15.2. The van der Waals surface area contributed by atoms with Crippen LogP contribution in [-0.2, 0) is 10.0 Å². The Morgan fingerprint density at radius 1 is 1.25 bits per heavy atom. The van der Waals surface area contributed by atoms with E-state index in [-0.39, 0.29) is 10.6 Å². The van der Waals surface area contributed by atoms with Gasteiger partial charge in [-0.3, -0.25) is 0 Å². The highest BCUT2D eigenvalue weighted by molar-refractivity contribution is 7.89. The molecular formula is C14H25N3O2S. The second-order valence-electron chi connectivity index (χ2n) is 5.22. The van der Waals surface area contributed by atoms with Gasteiger partial charge < -0.3 is 10.6 Å². The van der Waals surface area contributed by atoms with E-state index in [1.54, 1.807) is 18.2 Å². The Balaban J connectivity index is 2.40. The smallest absolute Gasteiger partial charge is 0.242 e. The summed E-state index contributed by atoms with van der Waals surface area (Å²) in [5.74, 6) is 0. The van der Waals surface area contributed by atoms with Gasteiger partial charge in [0.15, 0.2) is 0 Å². The van der Waals surface area contributed by atoms with Crippen molar-refractivity contribution in [1.82, 2.24) is 9.62 Å². The summed E-state index contributed by atoms with van der Waals surface area (Å²) >= 11 is 0. The van der Waals surface area contributed by atoms with Crippen molar-refractivity contribution < 1.29 is 8.42 Å². The normalized spacial score (nSPS) is 12.2. The van der Waals surface area contributed by atoms with E-state index in [0.717, 1.165) is 19.4 Å². The minimum absolute atomic E-state index is 0.152. The molecule has 20 heavy (non-hydrogen) atoms. The highest BCUT2D eigenvalue weighted by Gasteiger charge is 2.15. The number of hydrogen-bond donors (Lipinski definition) is 2. The van der Waals surface area contributed by atoms with Gasteiger partial charge in [-0.2, -0.15) is 0 Å². The maximum Gasteiger partial charge on any atom is 0.242 e. The van der Waals surface area contributed by atoms with Gasteiger partial charge in [-0.15, -0.1) is 0 Å². The van der Waals surface area contributed by atoms with Gasteiger partial charge in [0, 0.05) is 12.6 Å². The first-order chi connectivity index (χ1) is 9.34. The van der Waals surface area contributed by atoms with Crippen molar-refractivity contribution in [3.63, 3.8) is 0 Å². The predicted octanol–water partition coefficient (Wildman–Crippen LogP) is 1.67. The SMILES string of the molecule is CC(C)N(C)CCCCNS(=O)(=O)c1ccccc1N. The maximum atomic E-state index is 12.1. The third-order valence-electron chi connectivity index (χ3n) is 3.32. The number of anilines is 1. The molecule has 0 aliphatic rings. The highest BCUT2D eigenvalue weighted by atomic mass is 32.2. The van der Waals surface area contributed by atoms with Crippen molar-refractivity contribution in [2.45, 2.75) is 37.6 Å². The van der Waals surface area contributed by atoms with Crippen LogP contribution in [0.5, 0.6) is 0 Å². The Morgan fingerprint density at radius 2 is 1.90 bits per heavy atom. The molecule has 0 saturated carbocycles. The molecule has 1 aromatic carbocycles. The first kappa shape index (κ1) is 16.9. The van der Waals surface area contributed by atoms with Crippen molar-refractivity contribution in [2.75, 3.05) is 25.9 Å². The summed E-state index contributed by atoms with van der Waals surface area (Å²) in [5.41, 5.74) is 5.96. The van der Waals surface area contributed by atoms with E-state index >= 15 is 0 Å². The molecule has 0 radical (unpaired) electrons. The number of nitrogens with two attached hydrogens (primary N) is 1. The summed E-state index contributed by atoms with van der Waals surface area (Å²) in [5, 5.41) is 0. The Bertz CT molecular complexity index is 515. The monoisotopic (exact) mass is 299 g/mol. The van der Waals surface area contributed by atoms with Crippen LogP contribution in [0.15, 0.2) is 29.2 Å². The summed E-state index contributed by atoms with van der Waals surface area (Å²) in [6.07, 6.45) is 1.77. The van der Waals surface area contributed by atoms with E-state index in [2.05, 4.69) is 30.5 Å². The molecule has 0 aliphatic carbocycles. The molecule has 0 spiro atoms. The fourth-order valence-corrected chi connectivity index (χ4v) is 2.96. The van der Waals surface area contributed by atoms with Gasteiger partial charge in [0.25, 0.3) is 0 Å². The van der Waals surface area contributed by atoms with Crippen LogP contribution < -0.4 is 10.5 Å². The standard InChI is InChI=1S/C14H25N3O2S/c1-12(2)17(3)11-7-6-10-16-20(18,19)14-9-5-4-8-13(14)15/h4-5,8-9,12,16H,6-7,10-11,15H2,1-3H3. The Hall–Kier alpha value is -1.11. The summed E-state index contributed by atoms with van der Waals surface area (Å²) < 4.78 is 26.7. The molecule has 114 valence electrons. The van der Waals surface area contributed by atoms with Crippen LogP contribution in [0.25, 0.3) is 0 Å². The summed E-state index contributed by atoms with van der Waals surface area (Å²) in [4.78, 5) is 2.39. The molecule has 1 aromatic rings. The van der Waals surface area contributed by atoms with Gasteiger partial charge in [-0.05, 0) is 52.4 Å². The lowest BCUT2D eigenvalue weighted by Crippen LogP contribution is -2.29. The Labute approximate surface area is 122 Å². The molecule has 6 heteroatoms. The zero-order valence-corrected chi connectivity index (χ0v) is 13.3. The number of sulfonamides is 1. The lowest BCUT2D eigenvalue weighted by atomic mass is 10.2. The van der Waals surface area contributed by atoms with Crippen LogP contribution in [0.4, 0.5) is 5.69 Å². The largest absolute Gasteiger partial charge is 0.398 e. The van der Waals surface area contributed by atoms with Crippen LogP contribution >= 0.6 is 0 Å². The Morgan fingerprint density at radius 3 is 2.50 bits per heavy atom. The molecule has 0 aliphatic heterocycles. The number of unbranched alkanes of at least 4 members (excludes halogenated alkanes) is 1. The number of benzene rings is 1. The molecule has 3 N–H and O–H groups in total. The quantitative estimate of drug-likeness (QED) is 0.565. The number of para-hydroxylation sites is 1. The summed E-state index contributed by atoms with van der Waals surface area (Å²) in [6.45, 7) is 5.68. The highest BCUT2D eigenvalue weighted by Crippen LogP contribution is 2.16. The van der Waals surface area contributed by atoms with Crippen molar-refractivity contribution in [3.8, 4) is 0 Å². The zero-order valence-electron chi connectivity index (χ0n) is 12.5. The second-order valence-corrected chi connectivity index (χ2v) is 6.95. The maximum absolute atomic E-state index is 12.1. The first-order valence-electron chi connectivity index (χ1n) is 6.89. The minimum atomic E-state index is -3.50. The third kappa shape index (κ3) is 5.11. The van der Waals surface area contributed by atoms with E-state index in [4.69, 9.17) is 5.73 Å². The van der Waals surface area contributed by atoms with Crippen molar-refractivity contribution in [3.05, 3.63) is 24.3 Å². The van der Waals surface area contributed by atoms with Crippen molar-refractivity contribution >= 4 is 15.7 Å². The second kappa shape index (κ2) is 7.61. The predicted molar refractivity (Wildman–Crippen MR) is 83.0 cm³/mol. The van der Waals surface area contributed by atoms with Crippen molar-refractivity contribution in [1.29, 1.82) is 0 Å². The molecule has 0 amide bonds. The summed E-state index contributed by atoms with van der Waals surface area (Å²) in [7, 11) is -1.43. The van der Waals surface area contributed by atoms with Gasteiger partial charge in [0.2, 0.25) is 10.0 Å². The van der Waals surface area contributed by atoms with Crippen LogP contribution in [0.2, 0.25) is 0 Å². The number of hydrogen-bond acceptors (Lipinski definition) is 4. The average Bonchev–Trinajstić information content (AvgIpc) is 2.38. The van der Waals surface area contributed by atoms with Gasteiger partial charge >= 0.3 is 0 Å². The molecule has 0 fully saturated rings. The molecule has 0 saturated heterocycles. The molecule has 0 aromatic heterocycles. The average molecular weight is 299 g/mol. The lowest BCUT2D eigenvalue weighted by molar-refractivity contribution is 0.268. The molecule has 0 unspecified atom stereocenters. The van der Waals surface area contributed by atoms with Gasteiger partial charge in [-0.25, -0.2) is 13.1 Å². The van der Waals surface area contributed by atoms with Crippen LogP contribution in [0, 0.1) is 0 Å². The molecule has 1 rings (SSSR count). The van der Waals surface area contributed by atoms with E-state index in [0.29, 0.717) is 12.6 Å². The van der Waals surface area contributed by atoms with E-state index in [1.807, 2.05) is 0 Å². The van der Waals surface area contributed by atoms with Crippen LogP contribution in [-0.4, -0.2) is 39.5 Å². The van der Waals surface area contributed by atoms with Crippen molar-refractivity contribution in [2.24, 2.45) is 0 Å². The number of nitrogen functional groups attached to an aromatic ring is 1. The van der Waals surface area contributed by atoms with Gasteiger partial charge in [-0.1, -0.05) is 12.1 Å². The first-order valence-corrected chi connectivity index (χ1v) is 8.37. The molecule has 5 nitrogen and oxygen atoms in total. The summed E-state index contributed by atoms with van der Waals surface area (Å²) in [6, 6.07) is 7.01. The molecule has 0 heterocycles. The number of nitrogens with zero attached hydrogens (tertiary/aromatic N) is 1. The van der Waals surface area contributed by atoms with E-state index in [9.17, 15) is 8.42 Å². The van der Waals surface area contributed by atoms with Crippen LogP contribution in [0.3, 0.4) is 0 Å².